The Kier molecular flexibility index (Phi) is 5.65. The molecule has 1 saturated carbocycles. The molecule has 164 valence electrons. The smallest absolute Gasteiger partial charge is 0.342 e. The molecule has 0 radical (unpaired) electrons. The van der Waals surface area contributed by atoms with E-state index in [9.17, 15) is 18.0 Å². The Morgan fingerprint density at radius 3 is 2.69 bits per heavy atom. The van der Waals surface area contributed by atoms with E-state index >= 15 is 0 Å². The quantitative estimate of drug-likeness (QED) is 0.625. The normalized spacial score (nSPS) is 14.6. The van der Waals surface area contributed by atoms with Crippen molar-refractivity contribution in [3.05, 3.63) is 70.9 Å². The van der Waals surface area contributed by atoms with Crippen molar-refractivity contribution in [2.24, 2.45) is 5.92 Å². The highest BCUT2D eigenvalue weighted by Crippen LogP contribution is 2.35. The second-order valence-electron chi connectivity index (χ2n) is 7.81. The first kappa shape index (κ1) is 21.5. The molecule has 1 aliphatic rings. The number of nitriles is 1. The predicted molar refractivity (Wildman–Crippen MR) is 108 cm³/mol. The van der Waals surface area contributed by atoms with Crippen LogP contribution in [0, 0.1) is 17.2 Å². The molecule has 0 spiro atoms. The lowest BCUT2D eigenvalue weighted by molar-refractivity contribution is -0.137. The number of halogens is 3. The first-order chi connectivity index (χ1) is 15.2. The van der Waals surface area contributed by atoms with Gasteiger partial charge in [0.15, 0.2) is 11.6 Å². The summed E-state index contributed by atoms with van der Waals surface area (Å²) in [6, 6.07) is 7.96. The first-order valence-corrected chi connectivity index (χ1v) is 10.0. The second kappa shape index (κ2) is 8.42. The Morgan fingerprint density at radius 1 is 1.28 bits per heavy atom. The Bertz CT molecular complexity index is 1180. The van der Waals surface area contributed by atoms with Crippen LogP contribution in [0.15, 0.2) is 42.9 Å². The van der Waals surface area contributed by atoms with Crippen LogP contribution in [0.3, 0.4) is 0 Å². The van der Waals surface area contributed by atoms with Gasteiger partial charge in [0.05, 0.1) is 17.2 Å². The topological polar surface area (TPSA) is 96.5 Å². The fraction of sp³-hybridized carbons (Fsp3) is 0.318. The van der Waals surface area contributed by atoms with Gasteiger partial charge in [-0.3, -0.25) is 4.79 Å². The molecule has 1 N–H and O–H groups in total. The molecular formula is C22H19F3N6O. The van der Waals surface area contributed by atoms with Crippen molar-refractivity contribution >= 4 is 5.91 Å². The average molecular weight is 440 g/mol. The van der Waals surface area contributed by atoms with Crippen molar-refractivity contribution in [1.29, 1.82) is 5.26 Å². The molecule has 1 amide bonds. The molecule has 1 fully saturated rings. The maximum Gasteiger partial charge on any atom is 0.416 e. The third-order valence-corrected chi connectivity index (χ3v) is 5.21. The van der Waals surface area contributed by atoms with E-state index in [-0.39, 0.29) is 5.56 Å². The van der Waals surface area contributed by atoms with Gasteiger partial charge >= 0.3 is 6.18 Å². The van der Waals surface area contributed by atoms with Crippen LogP contribution in [0.2, 0.25) is 0 Å². The van der Waals surface area contributed by atoms with Gasteiger partial charge in [0.2, 0.25) is 0 Å². The number of nitrogens with one attached hydrogen (secondary N) is 1. The lowest BCUT2D eigenvalue weighted by Crippen LogP contribution is -2.29. The third kappa shape index (κ3) is 4.77. The summed E-state index contributed by atoms with van der Waals surface area (Å²) in [5.41, 5.74) is -0.00307. The van der Waals surface area contributed by atoms with E-state index in [1.807, 2.05) is 6.07 Å². The largest absolute Gasteiger partial charge is 0.416 e. The van der Waals surface area contributed by atoms with Crippen LogP contribution in [-0.2, 0) is 12.6 Å². The summed E-state index contributed by atoms with van der Waals surface area (Å²) in [4.78, 5) is 21.1. The van der Waals surface area contributed by atoms with Crippen LogP contribution in [0.5, 0.6) is 0 Å². The number of hydrogen-bond donors (Lipinski definition) is 1. The zero-order valence-electron chi connectivity index (χ0n) is 17.1. The average Bonchev–Trinajstić information content (AvgIpc) is 3.44. The molecule has 0 aliphatic heterocycles. The van der Waals surface area contributed by atoms with Crippen LogP contribution in [-0.4, -0.2) is 25.7 Å². The second-order valence-corrected chi connectivity index (χ2v) is 7.81. The minimum atomic E-state index is -4.54. The number of aromatic nitrogens is 4. The van der Waals surface area contributed by atoms with Gasteiger partial charge in [-0.15, -0.1) is 0 Å². The number of alkyl halides is 3. The Morgan fingerprint density at radius 2 is 2.06 bits per heavy atom. The number of rotatable bonds is 6. The molecule has 7 nitrogen and oxygen atoms in total. The molecule has 3 aromatic rings. The summed E-state index contributed by atoms with van der Waals surface area (Å²) in [5, 5.41) is 15.7. The van der Waals surface area contributed by atoms with Crippen molar-refractivity contribution in [3.8, 4) is 11.9 Å². The van der Waals surface area contributed by atoms with Crippen molar-refractivity contribution in [1.82, 2.24) is 25.1 Å². The molecule has 2 heterocycles. The molecular weight excluding hydrogens is 421 g/mol. The Labute approximate surface area is 181 Å². The number of hydrogen-bond acceptors (Lipinski definition) is 5. The first-order valence-electron chi connectivity index (χ1n) is 10.0. The SMILES string of the molecule is CC(NC(=O)c1cc(CC2CC2)cc(C(F)(F)F)c1)c1ncnn1-c1ccc(C#N)cn1. The maximum absolute atomic E-state index is 13.4. The number of carbonyl (C=O) groups is 1. The minimum Gasteiger partial charge on any atom is -0.342 e. The summed E-state index contributed by atoms with van der Waals surface area (Å²) >= 11 is 0. The van der Waals surface area contributed by atoms with E-state index in [1.165, 1.54) is 23.3 Å². The van der Waals surface area contributed by atoms with Crippen LogP contribution in [0.1, 0.15) is 58.7 Å². The van der Waals surface area contributed by atoms with Crippen LogP contribution < -0.4 is 5.32 Å². The Hall–Kier alpha value is -3.74. The monoisotopic (exact) mass is 440 g/mol. The molecule has 10 heteroatoms. The standard InChI is InChI=1S/C22H19F3N6O/c1-13(20-28-12-29-31(20)19-5-4-15(10-26)11-27-19)30-21(32)17-7-16(6-14-2-3-14)8-18(9-17)22(23,24)25/h4-5,7-9,11-14H,2-3,6H2,1H3,(H,30,32). The minimum absolute atomic E-state index is 0.0510. The molecule has 4 rings (SSSR count). The van der Waals surface area contributed by atoms with Crippen LogP contribution in [0.25, 0.3) is 5.82 Å². The van der Waals surface area contributed by atoms with Crippen LogP contribution in [0.4, 0.5) is 13.2 Å². The molecule has 0 bridgehead atoms. The van der Waals surface area contributed by atoms with E-state index in [1.54, 1.807) is 19.1 Å². The molecule has 1 aliphatic carbocycles. The highest BCUT2D eigenvalue weighted by atomic mass is 19.4. The van der Waals surface area contributed by atoms with Crippen LogP contribution >= 0.6 is 0 Å². The summed E-state index contributed by atoms with van der Waals surface area (Å²) in [6.45, 7) is 1.65. The predicted octanol–water partition coefficient (Wildman–Crippen LogP) is 4.00. The van der Waals surface area contributed by atoms with Crippen molar-refractivity contribution in [2.75, 3.05) is 0 Å². The lowest BCUT2D eigenvalue weighted by atomic mass is 10.0. The zero-order chi connectivity index (χ0) is 22.9. The molecule has 2 aromatic heterocycles. The van der Waals surface area contributed by atoms with E-state index < -0.39 is 23.7 Å². The third-order valence-electron chi connectivity index (χ3n) is 5.21. The van der Waals surface area contributed by atoms with Gasteiger partial charge in [-0.2, -0.15) is 28.2 Å². The summed E-state index contributed by atoms with van der Waals surface area (Å²) in [7, 11) is 0. The molecule has 32 heavy (non-hydrogen) atoms. The van der Waals surface area contributed by atoms with Gasteiger partial charge in [-0.05, 0) is 68.0 Å². The Balaban J connectivity index is 1.57. The van der Waals surface area contributed by atoms with Gasteiger partial charge in [-0.25, -0.2) is 9.97 Å². The van der Waals surface area contributed by atoms with Crippen molar-refractivity contribution < 1.29 is 18.0 Å². The van der Waals surface area contributed by atoms with Gasteiger partial charge in [0, 0.05) is 11.8 Å². The highest BCUT2D eigenvalue weighted by Gasteiger charge is 2.33. The number of benzene rings is 1. The number of pyridine rings is 1. The van der Waals surface area contributed by atoms with Crippen molar-refractivity contribution in [3.63, 3.8) is 0 Å². The molecule has 1 atom stereocenters. The van der Waals surface area contributed by atoms with Gasteiger partial charge < -0.3 is 5.32 Å². The number of nitrogens with zero attached hydrogens (tertiary/aromatic N) is 5. The highest BCUT2D eigenvalue weighted by molar-refractivity contribution is 5.94. The summed E-state index contributed by atoms with van der Waals surface area (Å²) in [6.07, 6.45) is 0.645. The molecule has 0 saturated heterocycles. The van der Waals surface area contributed by atoms with Gasteiger partial charge in [0.1, 0.15) is 12.4 Å². The zero-order valence-corrected chi connectivity index (χ0v) is 17.1. The molecule has 1 aromatic carbocycles. The van der Waals surface area contributed by atoms with Gasteiger partial charge in [-0.1, -0.05) is 0 Å². The van der Waals surface area contributed by atoms with Crippen molar-refractivity contribution in [2.45, 2.75) is 38.4 Å². The van der Waals surface area contributed by atoms with E-state index in [0.29, 0.717) is 35.1 Å². The van der Waals surface area contributed by atoms with Gasteiger partial charge in [0.25, 0.3) is 5.91 Å². The van der Waals surface area contributed by atoms with E-state index in [4.69, 9.17) is 5.26 Å². The fourth-order valence-corrected chi connectivity index (χ4v) is 3.40. The maximum atomic E-state index is 13.4. The fourth-order valence-electron chi connectivity index (χ4n) is 3.40. The summed E-state index contributed by atoms with van der Waals surface area (Å²) < 4.78 is 41.5. The number of amides is 1. The number of carbonyl (C=O) groups excluding carboxylic acids is 1. The lowest BCUT2D eigenvalue weighted by Gasteiger charge is -2.16. The molecule has 1 unspecified atom stereocenters. The van der Waals surface area contributed by atoms with E-state index in [2.05, 4.69) is 20.4 Å². The van der Waals surface area contributed by atoms with E-state index in [0.717, 1.165) is 25.0 Å². The summed E-state index contributed by atoms with van der Waals surface area (Å²) in [5.74, 6) is 0.485.